The van der Waals surface area contributed by atoms with Crippen molar-refractivity contribution in [3.8, 4) is 0 Å². The van der Waals surface area contributed by atoms with Gasteiger partial charge in [0.05, 0.1) is 4.91 Å². The van der Waals surface area contributed by atoms with Crippen molar-refractivity contribution in [2.24, 2.45) is 4.40 Å². The minimum absolute atomic E-state index is 0.0517. The zero-order valence-corrected chi connectivity index (χ0v) is 6.47. The summed E-state index contributed by atoms with van der Waals surface area (Å²) >= 11 is 0. The third-order valence-corrected chi connectivity index (χ3v) is 2.34. The maximum Gasteiger partial charge on any atom is 0.288 e. The van der Waals surface area contributed by atoms with Gasteiger partial charge in [0.15, 0.2) is 0 Å². The summed E-state index contributed by atoms with van der Waals surface area (Å²) in [6.07, 6.45) is 2.33. The van der Waals surface area contributed by atoms with Gasteiger partial charge in [-0.25, -0.2) is 4.79 Å². The molecule has 0 rings (SSSR count). The first-order valence-electron chi connectivity index (χ1n) is 2.51. The summed E-state index contributed by atoms with van der Waals surface area (Å²) in [7, 11) is -3.70. The van der Waals surface area contributed by atoms with Crippen molar-refractivity contribution in [2.45, 2.75) is 13.8 Å². The molecule has 0 radical (unpaired) electrons. The molecule has 0 aliphatic heterocycles. The summed E-state index contributed by atoms with van der Waals surface area (Å²) in [4.78, 5) is 9.59. The van der Waals surface area contributed by atoms with E-state index in [1.165, 1.54) is 13.0 Å². The molecule has 0 fully saturated rings. The van der Waals surface area contributed by atoms with Crippen molar-refractivity contribution < 1.29 is 13.2 Å². The molecule has 5 heteroatoms. The Hall–Kier alpha value is -0.930. The first-order valence-corrected chi connectivity index (χ1v) is 3.95. The fourth-order valence-electron chi connectivity index (χ4n) is 0.270. The van der Waals surface area contributed by atoms with Crippen LogP contribution in [-0.4, -0.2) is 14.5 Å². The second-order valence-corrected chi connectivity index (χ2v) is 3.33. The average Bonchev–Trinajstić information content (AvgIpc) is 1.86. The van der Waals surface area contributed by atoms with Gasteiger partial charge in [-0.1, -0.05) is 10.5 Å². The van der Waals surface area contributed by atoms with Crippen LogP contribution in [-0.2, 0) is 14.8 Å². The van der Waals surface area contributed by atoms with Crippen LogP contribution in [0.3, 0.4) is 0 Å². The van der Waals surface area contributed by atoms with Crippen molar-refractivity contribution in [1.82, 2.24) is 0 Å². The largest absolute Gasteiger partial charge is 0.288 e. The van der Waals surface area contributed by atoms with Crippen molar-refractivity contribution >= 4 is 16.1 Å². The third kappa shape index (κ3) is 2.13. The Morgan fingerprint density at radius 1 is 1.60 bits per heavy atom. The SMILES string of the molecule is C/C=C(/C)S(=O)(=O)N=C=O. The zero-order valence-electron chi connectivity index (χ0n) is 5.66. The van der Waals surface area contributed by atoms with E-state index in [1.54, 1.807) is 6.92 Å². The van der Waals surface area contributed by atoms with E-state index in [4.69, 9.17) is 0 Å². The molecule has 0 aromatic carbocycles. The van der Waals surface area contributed by atoms with Gasteiger partial charge >= 0.3 is 0 Å². The smallest absolute Gasteiger partial charge is 0.210 e. The molecule has 56 valence electrons. The Morgan fingerprint density at radius 3 is 2.40 bits per heavy atom. The summed E-state index contributed by atoms with van der Waals surface area (Å²) in [6.45, 7) is 2.91. The highest BCUT2D eigenvalue weighted by molar-refractivity contribution is 7.94. The van der Waals surface area contributed by atoms with Crippen LogP contribution in [0.1, 0.15) is 13.8 Å². The van der Waals surface area contributed by atoms with Gasteiger partial charge in [-0.05, 0) is 13.8 Å². The lowest BCUT2D eigenvalue weighted by atomic mass is 10.6. The van der Waals surface area contributed by atoms with Gasteiger partial charge in [0.1, 0.15) is 0 Å². The molecule has 0 unspecified atom stereocenters. The first-order chi connectivity index (χ1) is 4.54. The molecule has 0 aromatic rings. The van der Waals surface area contributed by atoms with Crippen LogP contribution in [0.15, 0.2) is 15.4 Å². The van der Waals surface area contributed by atoms with Gasteiger partial charge in [0.2, 0.25) is 0 Å². The van der Waals surface area contributed by atoms with E-state index in [2.05, 4.69) is 4.40 Å². The summed E-state index contributed by atoms with van der Waals surface area (Å²) in [5.74, 6) is 0. The highest BCUT2D eigenvalue weighted by Crippen LogP contribution is 2.05. The number of isocyanates is 1. The Morgan fingerprint density at radius 2 is 2.10 bits per heavy atom. The predicted octanol–water partition coefficient (Wildman–Crippen LogP) is 0.576. The molecule has 0 spiro atoms. The van der Waals surface area contributed by atoms with Crippen LogP contribution < -0.4 is 0 Å². The van der Waals surface area contributed by atoms with E-state index >= 15 is 0 Å². The summed E-state index contributed by atoms with van der Waals surface area (Å²) in [5, 5.41) is 0. The third-order valence-electron chi connectivity index (χ3n) is 0.971. The normalized spacial score (nSPS) is 12.4. The Balaban J connectivity index is 4.96. The van der Waals surface area contributed by atoms with Crippen molar-refractivity contribution in [1.29, 1.82) is 0 Å². The second-order valence-electron chi connectivity index (χ2n) is 1.56. The summed E-state index contributed by atoms with van der Waals surface area (Å²) < 4.78 is 24.0. The number of sulfonamides is 1. The average molecular weight is 161 g/mol. The number of hydrogen-bond donors (Lipinski definition) is 0. The minimum atomic E-state index is -3.70. The zero-order chi connectivity index (χ0) is 8.20. The molecule has 0 atom stereocenters. The number of nitrogens with zero attached hydrogens (tertiary/aromatic N) is 1. The molecular formula is C5H7NO3S. The lowest BCUT2D eigenvalue weighted by molar-refractivity contribution is 0.564. The molecule has 0 aromatic heterocycles. The molecular weight excluding hydrogens is 154 g/mol. The monoisotopic (exact) mass is 161 g/mol. The van der Waals surface area contributed by atoms with E-state index in [1.807, 2.05) is 0 Å². The lowest BCUT2D eigenvalue weighted by Crippen LogP contribution is -1.95. The highest BCUT2D eigenvalue weighted by atomic mass is 32.2. The number of allylic oxidation sites excluding steroid dienone is 2. The lowest BCUT2D eigenvalue weighted by Gasteiger charge is -1.90. The molecule has 0 saturated carbocycles. The summed E-state index contributed by atoms with van der Waals surface area (Å²) in [5.41, 5.74) is 0. The number of hydrogen-bond acceptors (Lipinski definition) is 3. The topological polar surface area (TPSA) is 63.6 Å². The van der Waals surface area contributed by atoms with E-state index in [-0.39, 0.29) is 4.91 Å². The molecule has 0 aliphatic carbocycles. The van der Waals surface area contributed by atoms with Gasteiger partial charge in [-0.2, -0.15) is 8.42 Å². The Kier molecular flexibility index (Phi) is 2.99. The fourth-order valence-corrected chi connectivity index (χ4v) is 0.810. The van der Waals surface area contributed by atoms with E-state index in [0.717, 1.165) is 6.08 Å². The van der Waals surface area contributed by atoms with Gasteiger partial charge in [0.25, 0.3) is 16.1 Å². The van der Waals surface area contributed by atoms with Crippen LogP contribution in [0.5, 0.6) is 0 Å². The standard InChI is InChI=1S/C5H7NO3S/c1-3-5(2)10(8,9)6-4-7/h3H,1-2H3/b5-3-. The van der Waals surface area contributed by atoms with E-state index in [9.17, 15) is 13.2 Å². The summed E-state index contributed by atoms with van der Waals surface area (Å²) in [6, 6.07) is 0. The molecule has 4 nitrogen and oxygen atoms in total. The fraction of sp³-hybridized carbons (Fsp3) is 0.400. The van der Waals surface area contributed by atoms with Crippen LogP contribution in [0.2, 0.25) is 0 Å². The van der Waals surface area contributed by atoms with Gasteiger partial charge in [0, 0.05) is 0 Å². The van der Waals surface area contributed by atoms with Crippen LogP contribution in [0, 0.1) is 0 Å². The molecule has 0 bridgehead atoms. The van der Waals surface area contributed by atoms with Crippen LogP contribution in [0.4, 0.5) is 0 Å². The number of carbonyl (C=O) groups excluding carboxylic acids is 1. The Bertz CT molecular complexity index is 282. The minimum Gasteiger partial charge on any atom is -0.210 e. The molecule has 0 N–H and O–H groups in total. The maximum atomic E-state index is 10.7. The Labute approximate surface area is 59.3 Å². The van der Waals surface area contributed by atoms with Crippen molar-refractivity contribution in [3.05, 3.63) is 11.0 Å². The molecule has 10 heavy (non-hydrogen) atoms. The van der Waals surface area contributed by atoms with Gasteiger partial charge in [-0.3, -0.25) is 0 Å². The molecule has 0 saturated heterocycles. The van der Waals surface area contributed by atoms with Crippen molar-refractivity contribution in [3.63, 3.8) is 0 Å². The first kappa shape index (κ1) is 9.07. The van der Waals surface area contributed by atoms with Gasteiger partial charge in [-0.15, -0.1) is 0 Å². The van der Waals surface area contributed by atoms with Crippen molar-refractivity contribution in [2.75, 3.05) is 0 Å². The molecule has 0 heterocycles. The molecule has 0 amide bonds. The quantitative estimate of drug-likeness (QED) is 0.439. The van der Waals surface area contributed by atoms with Crippen LogP contribution >= 0.6 is 0 Å². The van der Waals surface area contributed by atoms with Gasteiger partial charge < -0.3 is 0 Å². The highest BCUT2D eigenvalue weighted by Gasteiger charge is 2.08. The second kappa shape index (κ2) is 3.29. The molecule has 0 aliphatic rings. The van der Waals surface area contributed by atoms with E-state index < -0.39 is 10.0 Å². The van der Waals surface area contributed by atoms with Crippen LogP contribution in [0.25, 0.3) is 0 Å². The maximum absolute atomic E-state index is 10.7. The predicted molar refractivity (Wildman–Crippen MR) is 36.5 cm³/mol. The van der Waals surface area contributed by atoms with E-state index in [0.29, 0.717) is 0 Å². The number of rotatable bonds is 2.